The highest BCUT2D eigenvalue weighted by atomic mass is 19.4. The first-order valence-corrected chi connectivity index (χ1v) is 8.20. The molecule has 10 heteroatoms. The summed E-state index contributed by atoms with van der Waals surface area (Å²) in [5.41, 5.74) is -3.66. The zero-order valence-corrected chi connectivity index (χ0v) is 14.7. The Hall–Kier alpha value is -3.04. The number of alkyl halides is 6. The van der Waals surface area contributed by atoms with Crippen LogP contribution in [0, 0.1) is 0 Å². The van der Waals surface area contributed by atoms with Crippen molar-refractivity contribution in [1.82, 2.24) is 4.90 Å². The number of amides is 1. The molecule has 0 spiro atoms. The number of fused-ring (bicyclic) bond motifs is 1. The molecule has 3 rings (SSSR count). The summed E-state index contributed by atoms with van der Waals surface area (Å²) < 4.78 is 79.2. The lowest BCUT2D eigenvalue weighted by Crippen LogP contribution is -2.42. The van der Waals surface area contributed by atoms with E-state index in [-0.39, 0.29) is 17.2 Å². The number of benzene rings is 2. The van der Waals surface area contributed by atoms with Crippen LogP contribution in [0.25, 0.3) is 0 Å². The molecule has 2 aromatic carbocycles. The van der Waals surface area contributed by atoms with Gasteiger partial charge in [0.15, 0.2) is 0 Å². The van der Waals surface area contributed by atoms with Gasteiger partial charge in [-0.15, -0.1) is 0 Å². The van der Waals surface area contributed by atoms with Crippen molar-refractivity contribution in [2.45, 2.75) is 24.3 Å². The summed E-state index contributed by atoms with van der Waals surface area (Å²) in [6.07, 6.45) is -10.2. The number of hydrogen-bond acceptors (Lipinski definition) is 2. The summed E-state index contributed by atoms with van der Waals surface area (Å²) in [7, 11) is 1.15. The van der Waals surface area contributed by atoms with E-state index in [0.29, 0.717) is 12.1 Å². The lowest BCUT2D eigenvalue weighted by atomic mass is 9.79. The van der Waals surface area contributed by atoms with Crippen LogP contribution in [0.15, 0.2) is 42.5 Å². The minimum atomic E-state index is -5.09. The molecular weight excluding hydrogens is 404 g/mol. The van der Waals surface area contributed by atoms with Crippen molar-refractivity contribution < 1.29 is 41.0 Å². The Morgan fingerprint density at radius 3 is 1.97 bits per heavy atom. The molecule has 1 aliphatic heterocycles. The molecule has 0 unspecified atom stereocenters. The maximum Gasteiger partial charge on any atom is 0.416 e. The summed E-state index contributed by atoms with van der Waals surface area (Å²) in [6.45, 7) is 0. The van der Waals surface area contributed by atoms with Gasteiger partial charge in [-0.2, -0.15) is 26.3 Å². The van der Waals surface area contributed by atoms with Gasteiger partial charge >= 0.3 is 18.3 Å². The molecule has 1 amide bonds. The second-order valence-corrected chi connectivity index (χ2v) is 6.60. The first kappa shape index (κ1) is 20.7. The Balaban J connectivity index is 2.28. The highest BCUT2D eigenvalue weighted by Crippen LogP contribution is 2.45. The molecule has 29 heavy (non-hydrogen) atoms. The number of rotatable bonds is 2. The molecule has 0 saturated heterocycles. The van der Waals surface area contributed by atoms with E-state index < -0.39 is 52.9 Å². The van der Waals surface area contributed by atoms with Crippen molar-refractivity contribution >= 4 is 11.9 Å². The zero-order chi connectivity index (χ0) is 21.7. The summed E-state index contributed by atoms with van der Waals surface area (Å²) in [6, 6.07) is 4.91. The molecule has 154 valence electrons. The number of halogens is 6. The Labute approximate surface area is 160 Å². The monoisotopic (exact) mass is 417 g/mol. The minimum Gasteiger partial charge on any atom is -0.481 e. The molecule has 2 atom stereocenters. The molecule has 0 bridgehead atoms. The molecule has 1 heterocycles. The first-order chi connectivity index (χ1) is 13.3. The summed E-state index contributed by atoms with van der Waals surface area (Å²) in [4.78, 5) is 25.4. The number of carboxylic acids is 1. The van der Waals surface area contributed by atoms with Crippen LogP contribution in [0.2, 0.25) is 0 Å². The maximum absolute atomic E-state index is 13.2. The SMILES string of the molecule is CN1C(=O)c2ccccc2[C@H](C(=O)O)[C@H]1c1cc(C(F)(F)F)cc(C(F)(F)F)c1. The summed E-state index contributed by atoms with van der Waals surface area (Å²) >= 11 is 0. The average Bonchev–Trinajstić information content (AvgIpc) is 2.62. The number of carbonyl (C=O) groups is 2. The molecule has 4 nitrogen and oxygen atoms in total. The smallest absolute Gasteiger partial charge is 0.416 e. The van der Waals surface area contributed by atoms with Crippen molar-refractivity contribution in [3.05, 3.63) is 70.3 Å². The van der Waals surface area contributed by atoms with Gasteiger partial charge in [0.1, 0.15) is 5.92 Å². The predicted octanol–water partition coefficient (Wildman–Crippen LogP) is 4.72. The molecule has 2 aromatic rings. The van der Waals surface area contributed by atoms with E-state index in [4.69, 9.17) is 0 Å². The van der Waals surface area contributed by atoms with Gasteiger partial charge in [-0.05, 0) is 35.4 Å². The zero-order valence-electron chi connectivity index (χ0n) is 14.7. The lowest BCUT2D eigenvalue weighted by Gasteiger charge is -2.39. The van der Waals surface area contributed by atoms with Crippen LogP contribution >= 0.6 is 0 Å². The van der Waals surface area contributed by atoms with Gasteiger partial charge in [0.25, 0.3) is 5.91 Å². The fourth-order valence-corrected chi connectivity index (χ4v) is 3.51. The number of nitrogens with zero attached hydrogens (tertiary/aromatic N) is 1. The van der Waals surface area contributed by atoms with Crippen LogP contribution in [-0.4, -0.2) is 28.9 Å². The Morgan fingerprint density at radius 1 is 0.966 bits per heavy atom. The number of carboxylic acid groups (broad SMARTS) is 1. The van der Waals surface area contributed by atoms with Crippen LogP contribution in [-0.2, 0) is 17.1 Å². The molecule has 0 fully saturated rings. The second-order valence-electron chi connectivity index (χ2n) is 6.60. The summed E-state index contributed by atoms with van der Waals surface area (Å²) in [5.74, 6) is -3.72. The van der Waals surface area contributed by atoms with Gasteiger partial charge in [0.05, 0.1) is 17.2 Å². The van der Waals surface area contributed by atoms with Crippen LogP contribution in [0.3, 0.4) is 0 Å². The fourth-order valence-electron chi connectivity index (χ4n) is 3.51. The van der Waals surface area contributed by atoms with Gasteiger partial charge in [-0.25, -0.2) is 0 Å². The van der Waals surface area contributed by atoms with Gasteiger partial charge in [-0.1, -0.05) is 18.2 Å². The quantitative estimate of drug-likeness (QED) is 0.720. The van der Waals surface area contributed by atoms with E-state index >= 15 is 0 Å². The lowest BCUT2D eigenvalue weighted by molar-refractivity contribution is -0.143. The van der Waals surface area contributed by atoms with Crippen LogP contribution in [0.4, 0.5) is 26.3 Å². The highest BCUT2D eigenvalue weighted by Gasteiger charge is 2.45. The maximum atomic E-state index is 13.2. The van der Waals surface area contributed by atoms with E-state index in [1.54, 1.807) is 0 Å². The largest absolute Gasteiger partial charge is 0.481 e. The third-order valence-electron chi connectivity index (χ3n) is 4.80. The fraction of sp³-hybridized carbons (Fsp3) is 0.263. The number of aliphatic carboxylic acids is 1. The number of carbonyl (C=O) groups excluding carboxylic acids is 1. The van der Waals surface area contributed by atoms with Gasteiger partial charge in [0, 0.05) is 12.6 Å². The van der Waals surface area contributed by atoms with E-state index in [9.17, 15) is 41.0 Å². The molecule has 0 aliphatic carbocycles. The van der Waals surface area contributed by atoms with Crippen molar-refractivity contribution in [2.75, 3.05) is 7.05 Å². The van der Waals surface area contributed by atoms with E-state index in [0.717, 1.165) is 11.9 Å². The number of likely N-dealkylation sites (N-methyl/N-ethyl adjacent to an activating group) is 1. The third-order valence-corrected chi connectivity index (χ3v) is 4.80. The molecule has 0 aromatic heterocycles. The van der Waals surface area contributed by atoms with Crippen LogP contribution in [0.5, 0.6) is 0 Å². The number of hydrogen-bond donors (Lipinski definition) is 1. The topological polar surface area (TPSA) is 57.6 Å². The third kappa shape index (κ3) is 3.66. The van der Waals surface area contributed by atoms with Gasteiger partial charge in [0.2, 0.25) is 0 Å². The molecule has 1 N–H and O–H groups in total. The average molecular weight is 417 g/mol. The molecule has 0 radical (unpaired) electrons. The van der Waals surface area contributed by atoms with E-state index in [2.05, 4.69) is 0 Å². The van der Waals surface area contributed by atoms with Crippen molar-refractivity contribution in [3.63, 3.8) is 0 Å². The molecular formula is C19H13F6NO3. The highest BCUT2D eigenvalue weighted by molar-refractivity contribution is 6.00. The first-order valence-electron chi connectivity index (χ1n) is 8.20. The van der Waals surface area contributed by atoms with Crippen molar-refractivity contribution in [1.29, 1.82) is 0 Å². The molecule has 0 saturated carbocycles. The predicted molar refractivity (Wildman–Crippen MR) is 88.1 cm³/mol. The minimum absolute atomic E-state index is 0.0269. The standard InChI is InChI=1S/C19H13F6NO3/c1-26-15(14(17(28)29)12-4-2-3-5-13(12)16(26)27)9-6-10(18(20,21)22)8-11(7-9)19(23,24)25/h2-8,14-15H,1H3,(H,28,29)/t14-,15+/m0/s1. The van der Waals surface area contributed by atoms with E-state index in [1.807, 2.05) is 0 Å². The van der Waals surface area contributed by atoms with Crippen molar-refractivity contribution in [2.24, 2.45) is 0 Å². The Bertz CT molecular complexity index is 950. The van der Waals surface area contributed by atoms with E-state index in [1.165, 1.54) is 24.3 Å². The van der Waals surface area contributed by atoms with Crippen LogP contribution < -0.4 is 0 Å². The van der Waals surface area contributed by atoms with Gasteiger partial charge < -0.3 is 10.0 Å². The second kappa shape index (κ2) is 6.78. The molecule has 1 aliphatic rings. The Morgan fingerprint density at radius 2 is 1.48 bits per heavy atom. The van der Waals surface area contributed by atoms with Crippen LogP contribution in [0.1, 0.15) is 44.6 Å². The summed E-state index contributed by atoms with van der Waals surface area (Å²) in [5, 5.41) is 9.70. The Kier molecular flexibility index (Phi) is 4.84. The van der Waals surface area contributed by atoms with Crippen molar-refractivity contribution in [3.8, 4) is 0 Å². The van der Waals surface area contributed by atoms with Gasteiger partial charge in [-0.3, -0.25) is 9.59 Å². The normalized spacial score (nSPS) is 19.8.